The number of halogens is 4. The van der Waals surface area contributed by atoms with Gasteiger partial charge in [0.2, 0.25) is 5.96 Å². The smallest absolute Gasteiger partial charge is 0.380 e. The first kappa shape index (κ1) is 22.9. The van der Waals surface area contributed by atoms with E-state index in [2.05, 4.69) is 15.3 Å². The molecule has 1 aromatic rings. The summed E-state index contributed by atoms with van der Waals surface area (Å²) >= 11 is 5.91. The summed E-state index contributed by atoms with van der Waals surface area (Å²) in [7, 11) is 0. The van der Waals surface area contributed by atoms with Crippen molar-refractivity contribution < 1.29 is 22.7 Å². The van der Waals surface area contributed by atoms with Gasteiger partial charge in [-0.1, -0.05) is 17.7 Å². The highest BCUT2D eigenvalue weighted by Gasteiger charge is 2.32. The SMILES string of the molecule is C\C(=C/N=C(\N=C(/C)C(F)(F)F)Nc1cccc(Cl)c1)C(=O)N1CCCOCC1. The Morgan fingerprint density at radius 2 is 2.03 bits per heavy atom. The quantitative estimate of drug-likeness (QED) is 0.442. The molecule has 10 heteroatoms. The second-order valence-electron chi connectivity index (χ2n) is 6.35. The summed E-state index contributed by atoms with van der Waals surface area (Å²) in [4.78, 5) is 21.7. The molecule has 0 spiro atoms. The lowest BCUT2D eigenvalue weighted by Gasteiger charge is -2.19. The van der Waals surface area contributed by atoms with Gasteiger partial charge in [0.15, 0.2) is 0 Å². The van der Waals surface area contributed by atoms with Gasteiger partial charge in [-0.05, 0) is 38.5 Å². The lowest BCUT2D eigenvalue weighted by atomic mass is 10.2. The Labute approximate surface area is 172 Å². The number of nitrogens with one attached hydrogen (secondary N) is 1. The molecule has 1 aromatic carbocycles. The summed E-state index contributed by atoms with van der Waals surface area (Å²) in [6, 6.07) is 6.39. The average molecular weight is 431 g/mol. The Kier molecular flexibility index (Phi) is 8.21. The normalized spacial score (nSPS) is 17.2. The molecule has 0 atom stereocenters. The molecule has 6 nitrogen and oxygen atoms in total. The molecule has 0 aromatic heterocycles. The zero-order valence-corrected chi connectivity index (χ0v) is 16.8. The summed E-state index contributed by atoms with van der Waals surface area (Å²) in [5, 5.41) is 3.09. The van der Waals surface area contributed by atoms with Crippen LogP contribution in [-0.2, 0) is 9.53 Å². The largest absolute Gasteiger partial charge is 0.429 e. The number of benzene rings is 1. The van der Waals surface area contributed by atoms with Crippen LogP contribution >= 0.6 is 11.6 Å². The molecule has 0 unspecified atom stereocenters. The van der Waals surface area contributed by atoms with E-state index in [4.69, 9.17) is 16.3 Å². The lowest BCUT2D eigenvalue weighted by Crippen LogP contribution is -2.33. The van der Waals surface area contributed by atoms with Crippen molar-refractivity contribution in [2.45, 2.75) is 26.4 Å². The predicted molar refractivity (Wildman–Crippen MR) is 107 cm³/mol. The molecular formula is C19H22ClF3N4O2. The third-order valence-corrected chi connectivity index (χ3v) is 4.23. The maximum absolute atomic E-state index is 12.9. The molecule has 2 rings (SSSR count). The maximum atomic E-state index is 12.9. The van der Waals surface area contributed by atoms with Crippen molar-refractivity contribution in [2.24, 2.45) is 9.98 Å². The number of ether oxygens (including phenoxy) is 1. The Balaban J connectivity index is 2.27. The van der Waals surface area contributed by atoms with Gasteiger partial charge in [0.05, 0.1) is 6.61 Å². The number of rotatable bonds is 3. The molecule has 1 heterocycles. The van der Waals surface area contributed by atoms with Crippen LogP contribution in [0.3, 0.4) is 0 Å². The highest BCUT2D eigenvalue weighted by Crippen LogP contribution is 2.19. The van der Waals surface area contributed by atoms with E-state index < -0.39 is 11.9 Å². The minimum Gasteiger partial charge on any atom is -0.380 e. The van der Waals surface area contributed by atoms with Crippen molar-refractivity contribution in [3.05, 3.63) is 41.1 Å². The van der Waals surface area contributed by atoms with Crippen molar-refractivity contribution in [1.82, 2.24) is 4.90 Å². The van der Waals surface area contributed by atoms with Gasteiger partial charge in [-0.15, -0.1) is 0 Å². The fourth-order valence-corrected chi connectivity index (χ4v) is 2.61. The minimum absolute atomic E-state index is 0.252. The molecule has 0 aliphatic carbocycles. The Bertz CT molecular complexity index is 814. The van der Waals surface area contributed by atoms with Crippen molar-refractivity contribution >= 4 is 34.9 Å². The van der Waals surface area contributed by atoms with E-state index in [0.717, 1.165) is 13.3 Å². The molecule has 1 fully saturated rings. The van der Waals surface area contributed by atoms with Crippen LogP contribution in [0.2, 0.25) is 5.02 Å². The van der Waals surface area contributed by atoms with Crippen LogP contribution in [0, 0.1) is 0 Å². The summed E-state index contributed by atoms with van der Waals surface area (Å²) < 4.78 is 44.0. The summed E-state index contributed by atoms with van der Waals surface area (Å²) in [5.74, 6) is -0.564. The molecule has 0 saturated carbocycles. The predicted octanol–water partition coefficient (Wildman–Crippen LogP) is 4.28. The van der Waals surface area contributed by atoms with E-state index >= 15 is 0 Å². The molecule has 158 valence electrons. The number of carbonyl (C=O) groups is 1. The first-order valence-electron chi connectivity index (χ1n) is 8.93. The molecule has 0 bridgehead atoms. The van der Waals surface area contributed by atoms with Gasteiger partial charge in [0.25, 0.3) is 5.91 Å². The summed E-state index contributed by atoms with van der Waals surface area (Å²) in [5.41, 5.74) is -0.387. The van der Waals surface area contributed by atoms with Crippen LogP contribution in [0.25, 0.3) is 0 Å². The Morgan fingerprint density at radius 1 is 1.28 bits per heavy atom. The van der Waals surface area contributed by atoms with E-state index in [-0.39, 0.29) is 17.4 Å². The lowest BCUT2D eigenvalue weighted by molar-refractivity contribution is -0.127. The fourth-order valence-electron chi connectivity index (χ4n) is 2.42. The van der Waals surface area contributed by atoms with Crippen LogP contribution in [0.1, 0.15) is 20.3 Å². The first-order chi connectivity index (χ1) is 13.7. The van der Waals surface area contributed by atoms with Gasteiger partial charge >= 0.3 is 6.18 Å². The highest BCUT2D eigenvalue weighted by atomic mass is 35.5. The van der Waals surface area contributed by atoms with E-state index in [0.29, 0.717) is 37.0 Å². The number of aliphatic imine (C=N–C) groups is 2. The number of alkyl halides is 3. The van der Waals surface area contributed by atoms with Crippen LogP contribution < -0.4 is 5.32 Å². The zero-order valence-electron chi connectivity index (χ0n) is 16.1. The van der Waals surface area contributed by atoms with Crippen LogP contribution in [-0.4, -0.2) is 55.0 Å². The number of carbonyl (C=O) groups excluding carboxylic acids is 1. The second-order valence-corrected chi connectivity index (χ2v) is 6.79. The van der Waals surface area contributed by atoms with Crippen molar-refractivity contribution in [2.75, 3.05) is 31.6 Å². The maximum Gasteiger partial charge on any atom is 0.429 e. The average Bonchev–Trinajstić information content (AvgIpc) is 2.94. The zero-order chi connectivity index (χ0) is 21.4. The monoisotopic (exact) mass is 430 g/mol. The molecule has 1 N–H and O–H groups in total. The van der Waals surface area contributed by atoms with Gasteiger partial charge in [0.1, 0.15) is 5.71 Å². The third-order valence-electron chi connectivity index (χ3n) is 3.99. The van der Waals surface area contributed by atoms with Gasteiger partial charge in [0, 0.05) is 42.2 Å². The Morgan fingerprint density at radius 3 is 2.72 bits per heavy atom. The second kappa shape index (κ2) is 10.4. The Hall–Kier alpha value is -2.39. The topological polar surface area (TPSA) is 66.3 Å². The third kappa shape index (κ3) is 7.51. The van der Waals surface area contributed by atoms with Crippen LogP contribution in [0.15, 0.2) is 46.0 Å². The molecule has 1 aliphatic rings. The van der Waals surface area contributed by atoms with Gasteiger partial charge in [-0.25, -0.2) is 9.98 Å². The van der Waals surface area contributed by atoms with E-state index in [1.54, 1.807) is 30.0 Å². The molecular weight excluding hydrogens is 409 g/mol. The number of hydrogen-bond acceptors (Lipinski definition) is 3. The van der Waals surface area contributed by atoms with E-state index in [9.17, 15) is 18.0 Å². The van der Waals surface area contributed by atoms with E-state index in [1.165, 1.54) is 12.3 Å². The van der Waals surface area contributed by atoms with Gasteiger partial charge in [-0.2, -0.15) is 13.2 Å². The number of amides is 1. The van der Waals surface area contributed by atoms with Crippen molar-refractivity contribution in [1.29, 1.82) is 0 Å². The minimum atomic E-state index is -4.60. The fraction of sp³-hybridized carbons (Fsp3) is 0.421. The number of anilines is 1. The standard InChI is InChI=1S/C19H22ClF3N4O2/c1-13(17(28)27-7-4-9-29-10-8-27)12-24-18(25-14(2)19(21,22)23)26-16-6-3-5-15(20)11-16/h3,5-6,11-12H,4,7-10H2,1-2H3,(H,24,26)/b13-12+,25-14+. The molecule has 1 saturated heterocycles. The van der Waals surface area contributed by atoms with E-state index in [1.807, 2.05) is 0 Å². The highest BCUT2D eigenvalue weighted by molar-refractivity contribution is 6.30. The number of hydrogen-bond donors (Lipinski definition) is 1. The van der Waals surface area contributed by atoms with Crippen LogP contribution in [0.4, 0.5) is 18.9 Å². The summed E-state index contributed by atoms with van der Waals surface area (Å²) in [6.07, 6.45) is -2.68. The number of guanidine groups is 1. The summed E-state index contributed by atoms with van der Waals surface area (Å²) in [6.45, 7) is 4.42. The van der Waals surface area contributed by atoms with Crippen molar-refractivity contribution in [3.8, 4) is 0 Å². The van der Waals surface area contributed by atoms with Crippen LogP contribution in [0.5, 0.6) is 0 Å². The van der Waals surface area contributed by atoms with Gasteiger partial charge in [-0.3, -0.25) is 4.79 Å². The van der Waals surface area contributed by atoms with Crippen molar-refractivity contribution in [3.63, 3.8) is 0 Å². The molecule has 29 heavy (non-hydrogen) atoms. The first-order valence-corrected chi connectivity index (χ1v) is 9.31. The van der Waals surface area contributed by atoms with Gasteiger partial charge < -0.3 is 15.0 Å². The number of nitrogens with zero attached hydrogens (tertiary/aromatic N) is 3. The molecule has 1 amide bonds. The molecule has 0 radical (unpaired) electrons. The molecule has 1 aliphatic heterocycles.